The molecular formula is C23H18N4O5S2. The van der Waals surface area contributed by atoms with Crippen molar-refractivity contribution in [2.24, 2.45) is 7.05 Å². The van der Waals surface area contributed by atoms with E-state index in [1.807, 2.05) is 36.4 Å². The minimum atomic E-state index is -0.674. The zero-order chi connectivity index (χ0) is 23.7. The minimum absolute atomic E-state index is 0.0860. The van der Waals surface area contributed by atoms with Crippen LogP contribution in [0.15, 0.2) is 64.5 Å². The summed E-state index contributed by atoms with van der Waals surface area (Å²) < 4.78 is 11.9. The van der Waals surface area contributed by atoms with Gasteiger partial charge >= 0.3 is 6.03 Å². The van der Waals surface area contributed by atoms with Gasteiger partial charge in [-0.25, -0.2) is 9.78 Å². The van der Waals surface area contributed by atoms with Crippen LogP contribution in [0.3, 0.4) is 0 Å². The largest absolute Gasteiger partial charge is 0.454 e. The van der Waals surface area contributed by atoms with Crippen molar-refractivity contribution in [2.45, 2.75) is 5.16 Å². The molecular weight excluding hydrogens is 476 g/mol. The number of hydrogen-bond acceptors (Lipinski definition) is 8. The maximum Gasteiger partial charge on any atom is 0.325 e. The zero-order valence-electron chi connectivity index (χ0n) is 17.9. The number of imide groups is 1. The third kappa shape index (κ3) is 4.47. The number of benzene rings is 2. The smallest absolute Gasteiger partial charge is 0.325 e. The summed E-state index contributed by atoms with van der Waals surface area (Å²) in [5.41, 5.74) is 1.28. The predicted octanol–water partition coefficient (Wildman–Crippen LogP) is 3.83. The van der Waals surface area contributed by atoms with Crippen molar-refractivity contribution in [2.75, 3.05) is 17.9 Å². The number of thiophene rings is 1. The number of carbonyl (C=O) groups excluding carboxylic acids is 2. The lowest BCUT2D eigenvalue weighted by Gasteiger charge is -2.08. The molecule has 0 fully saturated rings. The molecule has 3 amide bonds. The second-order valence-corrected chi connectivity index (χ2v) is 9.29. The molecule has 0 aliphatic carbocycles. The van der Waals surface area contributed by atoms with Gasteiger partial charge < -0.3 is 14.8 Å². The molecule has 4 aromatic rings. The summed E-state index contributed by atoms with van der Waals surface area (Å²) in [6.07, 6.45) is 0. The van der Waals surface area contributed by atoms with Crippen molar-refractivity contribution in [3.63, 3.8) is 0 Å². The fraction of sp³-hybridized carbons (Fsp3) is 0.130. The highest BCUT2D eigenvalue weighted by atomic mass is 32.2. The first-order valence-corrected chi connectivity index (χ1v) is 12.0. The number of thioether (sulfide) groups is 1. The zero-order valence-corrected chi connectivity index (χ0v) is 19.5. The first-order chi connectivity index (χ1) is 16.5. The third-order valence-electron chi connectivity index (χ3n) is 5.01. The SMILES string of the molecule is Cn1c(SCC(=O)NC(=O)Nc2ccc3c(c2)OCO3)nc2sc(-c3ccccc3)cc2c1=O. The number of fused-ring (bicyclic) bond motifs is 2. The van der Waals surface area contributed by atoms with Crippen LogP contribution in [0.2, 0.25) is 0 Å². The summed E-state index contributed by atoms with van der Waals surface area (Å²) in [7, 11) is 1.61. The molecule has 1 aliphatic rings. The highest BCUT2D eigenvalue weighted by Gasteiger charge is 2.17. The molecule has 34 heavy (non-hydrogen) atoms. The fourth-order valence-electron chi connectivity index (χ4n) is 3.35. The van der Waals surface area contributed by atoms with Gasteiger partial charge in [0.1, 0.15) is 4.83 Å². The molecule has 2 aromatic carbocycles. The van der Waals surface area contributed by atoms with Crippen LogP contribution in [0.4, 0.5) is 10.5 Å². The van der Waals surface area contributed by atoms with E-state index in [4.69, 9.17) is 9.47 Å². The lowest BCUT2D eigenvalue weighted by atomic mass is 10.2. The summed E-state index contributed by atoms with van der Waals surface area (Å²) in [5, 5.41) is 5.77. The van der Waals surface area contributed by atoms with Crippen LogP contribution in [0.25, 0.3) is 20.7 Å². The van der Waals surface area contributed by atoms with Crippen molar-refractivity contribution in [3.8, 4) is 21.9 Å². The van der Waals surface area contributed by atoms with E-state index in [1.165, 1.54) is 15.9 Å². The number of amides is 3. The molecule has 0 radical (unpaired) electrons. The number of urea groups is 1. The summed E-state index contributed by atoms with van der Waals surface area (Å²) >= 11 is 2.50. The highest BCUT2D eigenvalue weighted by molar-refractivity contribution is 7.99. The lowest BCUT2D eigenvalue weighted by Crippen LogP contribution is -2.35. The first-order valence-electron chi connectivity index (χ1n) is 10.2. The standard InChI is InChI=1S/C23H18N4O5S2/c1-27-21(29)15-10-18(13-5-3-2-4-6-13)34-20(15)26-23(27)33-11-19(28)25-22(30)24-14-7-8-16-17(9-14)32-12-31-16/h2-10H,11-12H2,1H3,(H2,24,25,28,30). The Hall–Kier alpha value is -3.83. The average Bonchev–Trinajstić information content (AvgIpc) is 3.48. The molecule has 172 valence electrons. The number of rotatable bonds is 5. The van der Waals surface area contributed by atoms with E-state index in [0.717, 1.165) is 22.2 Å². The Morgan fingerprint density at radius 3 is 2.74 bits per heavy atom. The van der Waals surface area contributed by atoms with E-state index in [0.29, 0.717) is 32.6 Å². The van der Waals surface area contributed by atoms with Crippen LogP contribution in [0.5, 0.6) is 11.5 Å². The molecule has 0 saturated heterocycles. The Kier molecular flexibility index (Phi) is 5.95. The summed E-state index contributed by atoms with van der Waals surface area (Å²) in [6, 6.07) is 15.9. The second kappa shape index (κ2) is 9.20. The summed E-state index contributed by atoms with van der Waals surface area (Å²) in [5.74, 6) is 0.507. The van der Waals surface area contributed by atoms with Gasteiger partial charge in [-0.3, -0.25) is 19.5 Å². The van der Waals surface area contributed by atoms with Crippen molar-refractivity contribution in [3.05, 3.63) is 65.0 Å². The van der Waals surface area contributed by atoms with E-state index in [1.54, 1.807) is 25.2 Å². The van der Waals surface area contributed by atoms with Crippen LogP contribution in [-0.4, -0.2) is 34.0 Å². The van der Waals surface area contributed by atoms with Crippen LogP contribution < -0.4 is 25.7 Å². The molecule has 0 bridgehead atoms. The Morgan fingerprint density at radius 1 is 1.12 bits per heavy atom. The Morgan fingerprint density at radius 2 is 1.91 bits per heavy atom. The molecule has 5 rings (SSSR count). The monoisotopic (exact) mass is 494 g/mol. The van der Waals surface area contributed by atoms with Gasteiger partial charge in [-0.05, 0) is 23.8 Å². The lowest BCUT2D eigenvalue weighted by molar-refractivity contribution is -0.117. The Balaban J connectivity index is 1.24. The molecule has 9 nitrogen and oxygen atoms in total. The van der Waals surface area contributed by atoms with E-state index in [2.05, 4.69) is 15.6 Å². The van der Waals surface area contributed by atoms with Gasteiger partial charge in [0.2, 0.25) is 12.7 Å². The topological polar surface area (TPSA) is 112 Å². The van der Waals surface area contributed by atoms with Crippen molar-refractivity contribution in [1.29, 1.82) is 0 Å². The number of aromatic nitrogens is 2. The number of ether oxygens (including phenoxy) is 2. The Labute approximate surface area is 201 Å². The van der Waals surface area contributed by atoms with Crippen LogP contribution in [-0.2, 0) is 11.8 Å². The highest BCUT2D eigenvalue weighted by Crippen LogP contribution is 2.34. The molecule has 2 aromatic heterocycles. The van der Waals surface area contributed by atoms with E-state index in [9.17, 15) is 14.4 Å². The van der Waals surface area contributed by atoms with E-state index >= 15 is 0 Å². The van der Waals surface area contributed by atoms with Gasteiger partial charge in [0.05, 0.1) is 11.1 Å². The van der Waals surface area contributed by atoms with E-state index < -0.39 is 11.9 Å². The molecule has 0 atom stereocenters. The number of nitrogens with one attached hydrogen (secondary N) is 2. The second-order valence-electron chi connectivity index (χ2n) is 7.31. The van der Waals surface area contributed by atoms with Gasteiger partial charge in [0.15, 0.2) is 16.7 Å². The number of carbonyl (C=O) groups is 2. The molecule has 3 heterocycles. The Bertz CT molecular complexity index is 1470. The van der Waals surface area contributed by atoms with Gasteiger partial charge in [-0.2, -0.15) is 0 Å². The normalized spacial score (nSPS) is 12.0. The van der Waals surface area contributed by atoms with Crippen LogP contribution >= 0.6 is 23.1 Å². The van der Waals surface area contributed by atoms with Crippen molar-refractivity contribution < 1.29 is 19.1 Å². The van der Waals surface area contributed by atoms with Gasteiger partial charge in [-0.1, -0.05) is 42.1 Å². The maximum absolute atomic E-state index is 12.8. The fourth-order valence-corrected chi connectivity index (χ4v) is 5.20. The maximum atomic E-state index is 12.8. The number of nitrogens with zero attached hydrogens (tertiary/aromatic N) is 2. The summed E-state index contributed by atoms with van der Waals surface area (Å²) in [6.45, 7) is 0.127. The number of anilines is 1. The first kappa shape index (κ1) is 22.0. The van der Waals surface area contributed by atoms with Gasteiger partial charge in [0, 0.05) is 23.7 Å². The minimum Gasteiger partial charge on any atom is -0.454 e. The summed E-state index contributed by atoms with van der Waals surface area (Å²) in [4.78, 5) is 43.4. The quantitative estimate of drug-likeness (QED) is 0.320. The van der Waals surface area contributed by atoms with Gasteiger partial charge in [0.25, 0.3) is 5.56 Å². The molecule has 1 aliphatic heterocycles. The molecule has 0 unspecified atom stereocenters. The molecule has 2 N–H and O–H groups in total. The molecule has 11 heteroatoms. The van der Waals surface area contributed by atoms with Crippen molar-refractivity contribution >= 4 is 50.9 Å². The van der Waals surface area contributed by atoms with Crippen LogP contribution in [0.1, 0.15) is 0 Å². The molecule has 0 saturated carbocycles. The van der Waals surface area contributed by atoms with Gasteiger partial charge in [-0.15, -0.1) is 11.3 Å². The molecule has 0 spiro atoms. The van der Waals surface area contributed by atoms with Crippen LogP contribution in [0, 0.1) is 0 Å². The average molecular weight is 495 g/mol. The predicted molar refractivity (Wildman–Crippen MR) is 131 cm³/mol. The third-order valence-corrected chi connectivity index (χ3v) is 7.11. The van der Waals surface area contributed by atoms with E-state index in [-0.39, 0.29) is 18.1 Å². The van der Waals surface area contributed by atoms with Crippen molar-refractivity contribution in [1.82, 2.24) is 14.9 Å². The number of hydrogen-bond donors (Lipinski definition) is 2.